The van der Waals surface area contributed by atoms with Gasteiger partial charge in [0.15, 0.2) is 6.04 Å². The Bertz CT molecular complexity index is 662. The predicted molar refractivity (Wildman–Crippen MR) is 91.9 cm³/mol. The summed E-state index contributed by atoms with van der Waals surface area (Å²) in [6, 6.07) is -3.84. The predicted octanol–water partition coefficient (Wildman–Crippen LogP) is -3.02. The highest BCUT2D eigenvalue weighted by molar-refractivity contribution is 5.92. The molecule has 0 aliphatic heterocycles. The quantitative estimate of drug-likeness (QED) is 0.208. The minimum absolute atomic E-state index is 0.126. The summed E-state index contributed by atoms with van der Waals surface area (Å²) in [6.07, 6.45) is 1.29. The number of hydrogen-bond acceptors (Lipinski definition) is 7. The number of nitrogens with zero attached hydrogens (tertiary/aromatic N) is 1. The average molecular weight is 384 g/mol. The smallest absolute Gasteiger partial charge is 0.328 e. The molecule has 0 saturated carbocycles. The van der Waals surface area contributed by atoms with E-state index in [0.29, 0.717) is 5.69 Å². The molecule has 0 bridgehead atoms. The summed E-state index contributed by atoms with van der Waals surface area (Å²) in [7, 11) is 0. The van der Waals surface area contributed by atoms with Gasteiger partial charge in [-0.05, 0) is 13.3 Å². The molecule has 0 fully saturated rings. The first-order valence-electron chi connectivity index (χ1n) is 8.14. The van der Waals surface area contributed by atoms with E-state index in [4.69, 9.17) is 16.6 Å². The van der Waals surface area contributed by atoms with Crippen LogP contribution in [0.3, 0.4) is 0 Å². The van der Waals surface area contributed by atoms with Gasteiger partial charge in [-0.15, -0.1) is 0 Å². The van der Waals surface area contributed by atoms with Crippen LogP contribution in [0.25, 0.3) is 0 Å². The Morgan fingerprint density at radius 3 is 2.41 bits per heavy atom. The molecule has 9 N–H and O–H groups in total. The van der Waals surface area contributed by atoms with Crippen molar-refractivity contribution in [1.82, 2.24) is 20.6 Å². The van der Waals surface area contributed by atoms with Gasteiger partial charge in [0.05, 0.1) is 18.5 Å². The van der Waals surface area contributed by atoms with Crippen molar-refractivity contribution in [1.29, 1.82) is 0 Å². The number of hydrogen-bond donors (Lipinski definition) is 7. The monoisotopic (exact) mass is 384 g/mol. The number of carbonyl (C=O) groups is 4. The summed E-state index contributed by atoms with van der Waals surface area (Å²) in [4.78, 5) is 53.3. The van der Waals surface area contributed by atoms with Crippen molar-refractivity contribution in [2.75, 3.05) is 0 Å². The highest BCUT2D eigenvalue weighted by Crippen LogP contribution is 2.03. The summed E-state index contributed by atoms with van der Waals surface area (Å²) in [6.45, 7) is 1.19. The third kappa shape index (κ3) is 7.42. The summed E-state index contributed by atoms with van der Waals surface area (Å²) >= 11 is 0. The van der Waals surface area contributed by atoms with Crippen LogP contribution in [0, 0.1) is 0 Å². The van der Waals surface area contributed by atoms with Gasteiger partial charge in [0.2, 0.25) is 17.7 Å². The van der Waals surface area contributed by atoms with Crippen LogP contribution in [-0.4, -0.2) is 68.1 Å². The molecule has 0 aliphatic carbocycles. The molecule has 0 unspecified atom stereocenters. The number of aliphatic hydroxyl groups is 1. The van der Waals surface area contributed by atoms with E-state index in [9.17, 15) is 24.3 Å². The zero-order valence-electron chi connectivity index (χ0n) is 14.7. The van der Waals surface area contributed by atoms with E-state index in [0.717, 1.165) is 0 Å². The van der Waals surface area contributed by atoms with Crippen molar-refractivity contribution < 1.29 is 29.4 Å². The molecular weight excluding hydrogens is 360 g/mol. The lowest BCUT2D eigenvalue weighted by Crippen LogP contribution is -2.56. The molecule has 1 aromatic heterocycles. The standard InChI is InChI=1S/C15H24N6O6/c1-7(22)12(15(26)27)21-14(25)10(2-3-11(17)23)20-13(24)9(16)4-8-5-18-6-19-8/h5-7,9-10,12,22H,2-4,16H2,1H3,(H2,17,23)(H,18,19)(H,20,24)(H,21,25)(H,26,27)/t7-,9+,10+,12+/m1/s1. The number of aliphatic hydroxyl groups excluding tert-OH is 1. The Kier molecular flexibility index (Phi) is 8.35. The number of nitrogens with one attached hydrogen (secondary N) is 3. The zero-order chi connectivity index (χ0) is 20.6. The second-order valence-corrected chi connectivity index (χ2v) is 6.02. The lowest BCUT2D eigenvalue weighted by Gasteiger charge is -2.23. The van der Waals surface area contributed by atoms with E-state index < -0.39 is 47.9 Å². The van der Waals surface area contributed by atoms with Gasteiger partial charge in [0.25, 0.3) is 0 Å². The summed E-state index contributed by atoms with van der Waals surface area (Å²) in [5, 5.41) is 23.0. The van der Waals surface area contributed by atoms with Crippen molar-refractivity contribution in [3.05, 3.63) is 18.2 Å². The summed E-state index contributed by atoms with van der Waals surface area (Å²) in [5.41, 5.74) is 11.5. The van der Waals surface area contributed by atoms with E-state index in [1.807, 2.05) is 0 Å². The number of carbonyl (C=O) groups excluding carboxylic acids is 3. The van der Waals surface area contributed by atoms with Crippen LogP contribution in [0.2, 0.25) is 0 Å². The molecule has 0 aliphatic rings. The van der Waals surface area contributed by atoms with Gasteiger partial charge in [-0.25, -0.2) is 9.78 Å². The first-order valence-corrected chi connectivity index (χ1v) is 8.14. The number of imidazole rings is 1. The summed E-state index contributed by atoms with van der Waals surface area (Å²) in [5.74, 6) is -3.71. The zero-order valence-corrected chi connectivity index (χ0v) is 14.7. The molecule has 0 aromatic carbocycles. The number of aliphatic carboxylic acids is 1. The van der Waals surface area contributed by atoms with Crippen molar-refractivity contribution >= 4 is 23.7 Å². The van der Waals surface area contributed by atoms with Gasteiger partial charge in [-0.1, -0.05) is 0 Å². The van der Waals surface area contributed by atoms with Crippen molar-refractivity contribution in [3.63, 3.8) is 0 Å². The van der Waals surface area contributed by atoms with Crippen LogP contribution in [0.15, 0.2) is 12.5 Å². The van der Waals surface area contributed by atoms with Crippen molar-refractivity contribution in [2.45, 2.75) is 50.4 Å². The van der Waals surface area contributed by atoms with E-state index in [1.54, 1.807) is 0 Å². The molecule has 12 nitrogen and oxygen atoms in total. The van der Waals surface area contributed by atoms with Crippen LogP contribution < -0.4 is 22.1 Å². The maximum atomic E-state index is 12.3. The minimum Gasteiger partial charge on any atom is -0.480 e. The maximum absolute atomic E-state index is 12.3. The Morgan fingerprint density at radius 2 is 1.93 bits per heavy atom. The third-order valence-electron chi connectivity index (χ3n) is 3.69. The fourth-order valence-electron chi connectivity index (χ4n) is 2.20. The topological polar surface area (TPSA) is 214 Å². The summed E-state index contributed by atoms with van der Waals surface area (Å²) < 4.78 is 0. The molecule has 0 spiro atoms. The normalized spacial score (nSPS) is 15.2. The highest BCUT2D eigenvalue weighted by atomic mass is 16.4. The molecule has 150 valence electrons. The fraction of sp³-hybridized carbons (Fsp3) is 0.533. The molecule has 1 aromatic rings. The van der Waals surface area contributed by atoms with E-state index in [1.165, 1.54) is 19.4 Å². The molecule has 27 heavy (non-hydrogen) atoms. The number of aromatic nitrogens is 2. The Labute approximate surface area is 154 Å². The van der Waals surface area contributed by atoms with E-state index in [2.05, 4.69) is 20.6 Å². The first-order chi connectivity index (χ1) is 12.6. The third-order valence-corrected chi connectivity index (χ3v) is 3.69. The number of primary amides is 1. The number of nitrogens with two attached hydrogens (primary N) is 2. The number of rotatable bonds is 11. The van der Waals surface area contributed by atoms with Crippen molar-refractivity contribution in [3.8, 4) is 0 Å². The fourth-order valence-corrected chi connectivity index (χ4v) is 2.20. The van der Waals surface area contributed by atoms with Crippen LogP contribution in [0.4, 0.5) is 0 Å². The van der Waals surface area contributed by atoms with Crippen LogP contribution in [-0.2, 0) is 25.6 Å². The Balaban J connectivity index is 2.79. The lowest BCUT2D eigenvalue weighted by atomic mass is 10.1. The van der Waals surface area contributed by atoms with E-state index >= 15 is 0 Å². The van der Waals surface area contributed by atoms with Gasteiger partial charge in [-0.3, -0.25) is 14.4 Å². The second-order valence-electron chi connectivity index (χ2n) is 6.02. The average Bonchev–Trinajstić information content (AvgIpc) is 3.07. The van der Waals surface area contributed by atoms with Crippen LogP contribution in [0.5, 0.6) is 0 Å². The van der Waals surface area contributed by atoms with Crippen LogP contribution in [0.1, 0.15) is 25.5 Å². The largest absolute Gasteiger partial charge is 0.480 e. The SMILES string of the molecule is C[C@@H](O)[C@H](NC(=O)[C@H](CCC(N)=O)NC(=O)[C@@H](N)Cc1cnc[nH]1)C(=O)O. The lowest BCUT2D eigenvalue weighted by molar-refractivity contribution is -0.145. The van der Waals surface area contributed by atoms with Gasteiger partial charge < -0.3 is 37.3 Å². The number of carboxylic acids is 1. The minimum atomic E-state index is -1.58. The van der Waals surface area contributed by atoms with E-state index in [-0.39, 0.29) is 19.3 Å². The Morgan fingerprint density at radius 1 is 1.26 bits per heavy atom. The van der Waals surface area contributed by atoms with Gasteiger partial charge >= 0.3 is 5.97 Å². The van der Waals surface area contributed by atoms with Crippen LogP contribution >= 0.6 is 0 Å². The molecule has 0 saturated heterocycles. The van der Waals surface area contributed by atoms with Gasteiger partial charge in [0.1, 0.15) is 6.04 Å². The molecule has 12 heteroatoms. The van der Waals surface area contributed by atoms with Gasteiger partial charge in [0, 0.05) is 24.7 Å². The number of amides is 3. The molecule has 3 amide bonds. The molecular formula is C15H24N6O6. The highest BCUT2D eigenvalue weighted by Gasteiger charge is 2.30. The second kappa shape index (κ2) is 10.2. The van der Waals surface area contributed by atoms with Crippen molar-refractivity contribution in [2.24, 2.45) is 11.5 Å². The Hall–Kier alpha value is -2.99. The first kappa shape index (κ1) is 22.1. The number of aromatic amines is 1. The van der Waals surface area contributed by atoms with Gasteiger partial charge in [-0.2, -0.15) is 0 Å². The number of H-pyrrole nitrogens is 1. The molecule has 1 heterocycles. The molecule has 0 radical (unpaired) electrons. The maximum Gasteiger partial charge on any atom is 0.328 e. The molecule has 4 atom stereocenters. The number of carboxylic acid groups (broad SMARTS) is 1. The molecule has 1 rings (SSSR count).